The molecular weight excluding hydrogens is 240 g/mol. The van der Waals surface area contributed by atoms with Crippen molar-refractivity contribution >= 4 is 9.84 Å². The molecule has 2 N–H and O–H groups in total. The molecule has 3 atom stereocenters. The predicted molar refractivity (Wildman–Crippen MR) is 66.7 cm³/mol. The van der Waals surface area contributed by atoms with Crippen LogP contribution in [0.1, 0.15) is 12.8 Å². The van der Waals surface area contributed by atoms with Gasteiger partial charge in [0.2, 0.25) is 0 Å². The van der Waals surface area contributed by atoms with Gasteiger partial charge in [0.05, 0.1) is 17.6 Å². The first-order chi connectivity index (χ1) is 7.96. The van der Waals surface area contributed by atoms with Crippen LogP contribution in [-0.2, 0) is 9.84 Å². The predicted octanol–water partition coefficient (Wildman–Crippen LogP) is -0.924. The molecule has 3 unspecified atom stereocenters. The minimum absolute atomic E-state index is 0.0801. The maximum Gasteiger partial charge on any atom is 0.154 e. The number of sulfone groups is 1. The molecule has 0 aromatic rings. The van der Waals surface area contributed by atoms with Gasteiger partial charge >= 0.3 is 0 Å². The van der Waals surface area contributed by atoms with Gasteiger partial charge in [-0.15, -0.1) is 0 Å². The Morgan fingerprint density at radius 1 is 1.41 bits per heavy atom. The third kappa shape index (κ3) is 3.64. The maximum absolute atomic E-state index is 11.3. The van der Waals surface area contributed by atoms with Crippen LogP contribution in [0.5, 0.6) is 0 Å². The van der Waals surface area contributed by atoms with Crippen molar-refractivity contribution in [3.05, 3.63) is 0 Å². The minimum atomic E-state index is -3.03. The molecule has 0 bridgehead atoms. The van der Waals surface area contributed by atoms with Crippen LogP contribution in [0.3, 0.4) is 0 Å². The van der Waals surface area contributed by atoms with Gasteiger partial charge in [-0.3, -0.25) is 0 Å². The van der Waals surface area contributed by atoms with E-state index in [0.717, 1.165) is 19.6 Å². The van der Waals surface area contributed by atoms with E-state index >= 15 is 0 Å². The van der Waals surface area contributed by atoms with Crippen molar-refractivity contribution in [2.24, 2.45) is 5.92 Å². The van der Waals surface area contributed by atoms with Gasteiger partial charge < -0.3 is 15.3 Å². The smallest absolute Gasteiger partial charge is 0.154 e. The summed E-state index contributed by atoms with van der Waals surface area (Å²) < 4.78 is 22.7. The summed E-state index contributed by atoms with van der Waals surface area (Å²) in [6.45, 7) is 3.01. The lowest BCUT2D eigenvalue weighted by molar-refractivity contribution is 0.152. The Morgan fingerprint density at radius 2 is 2.18 bits per heavy atom. The molecule has 0 amide bonds. The monoisotopic (exact) mass is 262 g/mol. The van der Waals surface area contributed by atoms with Crippen molar-refractivity contribution in [3.8, 4) is 0 Å². The standard InChI is InChI=1S/C11H22N2O3S/c1-13-4-2-3-9(6-13)5-12-10-7-17(15,16)8-11(10)14/h9-12,14H,2-8H2,1H3. The van der Waals surface area contributed by atoms with E-state index in [1.807, 2.05) is 0 Å². The highest BCUT2D eigenvalue weighted by Crippen LogP contribution is 2.16. The molecule has 17 heavy (non-hydrogen) atoms. The summed E-state index contributed by atoms with van der Waals surface area (Å²) in [4.78, 5) is 2.30. The van der Waals surface area contributed by atoms with Gasteiger partial charge in [0.1, 0.15) is 0 Å². The summed E-state index contributed by atoms with van der Waals surface area (Å²) in [5.41, 5.74) is 0. The van der Waals surface area contributed by atoms with Crippen LogP contribution in [0.15, 0.2) is 0 Å². The van der Waals surface area contributed by atoms with Gasteiger partial charge in [0, 0.05) is 12.6 Å². The molecule has 2 rings (SSSR count). The highest BCUT2D eigenvalue weighted by atomic mass is 32.2. The molecule has 0 radical (unpaired) electrons. The summed E-state index contributed by atoms with van der Waals surface area (Å²) in [7, 11) is -0.919. The second-order valence-electron chi connectivity index (χ2n) is 5.43. The van der Waals surface area contributed by atoms with Crippen LogP contribution in [-0.4, -0.2) is 68.8 Å². The Labute approximate surface area is 103 Å². The second kappa shape index (κ2) is 5.22. The van der Waals surface area contributed by atoms with E-state index in [-0.39, 0.29) is 17.5 Å². The maximum atomic E-state index is 11.3. The van der Waals surface area contributed by atoms with E-state index in [1.54, 1.807) is 0 Å². The van der Waals surface area contributed by atoms with Crippen molar-refractivity contribution < 1.29 is 13.5 Å². The van der Waals surface area contributed by atoms with Gasteiger partial charge in [-0.05, 0) is 38.9 Å². The van der Waals surface area contributed by atoms with E-state index < -0.39 is 15.9 Å². The SMILES string of the molecule is CN1CCCC(CNC2CS(=O)(=O)CC2O)C1. The lowest BCUT2D eigenvalue weighted by Gasteiger charge is -2.30. The summed E-state index contributed by atoms with van der Waals surface area (Å²) in [6.07, 6.45) is 1.66. The van der Waals surface area contributed by atoms with E-state index in [2.05, 4.69) is 17.3 Å². The van der Waals surface area contributed by atoms with Crippen molar-refractivity contribution in [2.45, 2.75) is 25.0 Å². The average Bonchev–Trinajstić information content (AvgIpc) is 2.49. The molecular formula is C11H22N2O3S. The number of nitrogens with one attached hydrogen (secondary N) is 1. The second-order valence-corrected chi connectivity index (χ2v) is 7.58. The first kappa shape index (κ1) is 13.3. The molecule has 0 saturated carbocycles. The van der Waals surface area contributed by atoms with Gasteiger partial charge in [0.25, 0.3) is 0 Å². The van der Waals surface area contributed by atoms with Gasteiger partial charge in [0.15, 0.2) is 9.84 Å². The molecule has 100 valence electrons. The molecule has 2 saturated heterocycles. The quantitative estimate of drug-likeness (QED) is 0.688. The molecule has 2 aliphatic heterocycles. The first-order valence-electron chi connectivity index (χ1n) is 6.27. The third-order valence-electron chi connectivity index (χ3n) is 3.71. The van der Waals surface area contributed by atoms with Gasteiger partial charge in [-0.2, -0.15) is 0 Å². The van der Waals surface area contributed by atoms with Gasteiger partial charge in [-0.25, -0.2) is 8.42 Å². The first-order valence-corrected chi connectivity index (χ1v) is 8.09. The number of hydrogen-bond acceptors (Lipinski definition) is 5. The molecule has 6 heteroatoms. The number of hydrogen-bond donors (Lipinski definition) is 2. The topological polar surface area (TPSA) is 69.6 Å². The van der Waals surface area contributed by atoms with E-state index in [1.165, 1.54) is 12.8 Å². The van der Waals surface area contributed by atoms with Crippen molar-refractivity contribution in [1.82, 2.24) is 10.2 Å². The Kier molecular flexibility index (Phi) is 4.07. The fraction of sp³-hybridized carbons (Fsp3) is 1.00. The summed E-state index contributed by atoms with van der Waals surface area (Å²) in [6, 6.07) is -0.271. The largest absolute Gasteiger partial charge is 0.390 e. The number of piperidine rings is 1. The number of likely N-dealkylation sites (tertiary alicyclic amines) is 1. The number of aliphatic hydroxyl groups is 1. The molecule has 0 aromatic carbocycles. The molecule has 0 spiro atoms. The number of nitrogens with zero attached hydrogens (tertiary/aromatic N) is 1. The van der Waals surface area contributed by atoms with E-state index in [0.29, 0.717) is 5.92 Å². The van der Waals surface area contributed by atoms with Crippen LogP contribution < -0.4 is 5.32 Å². The third-order valence-corrected chi connectivity index (χ3v) is 5.43. The van der Waals surface area contributed by atoms with Crippen LogP contribution in [0.2, 0.25) is 0 Å². The summed E-state index contributed by atoms with van der Waals surface area (Å²) in [5, 5.41) is 12.9. The Balaban J connectivity index is 1.78. The molecule has 0 aromatic heterocycles. The zero-order chi connectivity index (χ0) is 12.5. The normalized spacial score (nSPS) is 38.4. The number of rotatable bonds is 3. The Morgan fingerprint density at radius 3 is 2.76 bits per heavy atom. The zero-order valence-electron chi connectivity index (χ0n) is 10.3. The molecule has 0 aliphatic carbocycles. The van der Waals surface area contributed by atoms with Crippen LogP contribution in [0.25, 0.3) is 0 Å². The Bertz CT molecular complexity index is 358. The van der Waals surface area contributed by atoms with Crippen LogP contribution >= 0.6 is 0 Å². The lowest BCUT2D eigenvalue weighted by atomic mass is 9.98. The molecule has 2 aliphatic rings. The summed E-state index contributed by atoms with van der Waals surface area (Å²) in [5.74, 6) is 0.565. The molecule has 5 nitrogen and oxygen atoms in total. The van der Waals surface area contributed by atoms with Crippen molar-refractivity contribution in [1.29, 1.82) is 0 Å². The molecule has 2 heterocycles. The van der Waals surface area contributed by atoms with Gasteiger partial charge in [-0.1, -0.05) is 0 Å². The fourth-order valence-corrected chi connectivity index (χ4v) is 4.56. The summed E-state index contributed by atoms with van der Waals surface area (Å²) >= 11 is 0. The van der Waals surface area contributed by atoms with Crippen LogP contribution in [0.4, 0.5) is 0 Å². The minimum Gasteiger partial charge on any atom is -0.390 e. The highest BCUT2D eigenvalue weighted by molar-refractivity contribution is 7.91. The fourth-order valence-electron chi connectivity index (χ4n) is 2.78. The van der Waals surface area contributed by atoms with Crippen LogP contribution in [0, 0.1) is 5.92 Å². The molecule has 2 fully saturated rings. The number of aliphatic hydroxyl groups excluding tert-OH is 1. The van der Waals surface area contributed by atoms with Crippen molar-refractivity contribution in [3.63, 3.8) is 0 Å². The highest BCUT2D eigenvalue weighted by Gasteiger charge is 2.36. The van der Waals surface area contributed by atoms with Crippen molar-refractivity contribution in [2.75, 3.05) is 38.2 Å². The Hall–Kier alpha value is -0.170. The van der Waals surface area contributed by atoms with E-state index in [9.17, 15) is 13.5 Å². The zero-order valence-corrected chi connectivity index (χ0v) is 11.1. The average molecular weight is 262 g/mol. The lowest BCUT2D eigenvalue weighted by Crippen LogP contribution is -2.44. The van der Waals surface area contributed by atoms with E-state index in [4.69, 9.17) is 0 Å².